The van der Waals surface area contributed by atoms with Crippen LogP contribution in [0.4, 0.5) is 0 Å². The van der Waals surface area contributed by atoms with E-state index in [1.165, 1.54) is 12.5 Å². The predicted octanol–water partition coefficient (Wildman–Crippen LogP) is 4.90. The zero-order valence-corrected chi connectivity index (χ0v) is 15.4. The number of carbonyl (C=O) groups excluding carboxylic acids is 2. The van der Waals surface area contributed by atoms with E-state index in [-0.39, 0.29) is 11.7 Å². The maximum atomic E-state index is 12.2. The highest BCUT2D eigenvalue weighted by molar-refractivity contribution is 5.94. The number of hydrogen-bond acceptors (Lipinski definition) is 3. The molecule has 0 unspecified atom stereocenters. The van der Waals surface area contributed by atoms with Crippen LogP contribution < -0.4 is 5.32 Å². The molecule has 0 fully saturated rings. The van der Waals surface area contributed by atoms with E-state index in [0.29, 0.717) is 23.6 Å². The van der Waals surface area contributed by atoms with Gasteiger partial charge in [0, 0.05) is 17.7 Å². The Labute approximate surface area is 159 Å². The van der Waals surface area contributed by atoms with Crippen molar-refractivity contribution in [2.24, 2.45) is 0 Å². The smallest absolute Gasteiger partial charge is 0.287 e. The third kappa shape index (κ3) is 5.17. The van der Waals surface area contributed by atoms with Gasteiger partial charge in [0.1, 0.15) is 5.76 Å². The highest BCUT2D eigenvalue weighted by Gasteiger charge is 2.12. The normalized spacial score (nSPS) is 10.6. The molecule has 3 aromatic rings. The molecular weight excluding hydrogens is 338 g/mol. The Morgan fingerprint density at radius 3 is 2.33 bits per heavy atom. The summed E-state index contributed by atoms with van der Waals surface area (Å²) in [6.07, 6.45) is 2.95. The van der Waals surface area contributed by atoms with Gasteiger partial charge in [0.05, 0.1) is 0 Å². The van der Waals surface area contributed by atoms with E-state index >= 15 is 0 Å². The van der Waals surface area contributed by atoms with Crippen molar-refractivity contribution in [1.82, 2.24) is 5.32 Å². The quantitative estimate of drug-likeness (QED) is 0.458. The van der Waals surface area contributed by atoms with Crippen LogP contribution in [0.1, 0.15) is 46.2 Å². The molecule has 138 valence electrons. The molecule has 0 bridgehead atoms. The maximum absolute atomic E-state index is 12.2. The van der Waals surface area contributed by atoms with Crippen molar-refractivity contribution in [2.75, 3.05) is 6.54 Å². The second kappa shape index (κ2) is 8.99. The average Bonchev–Trinajstić information content (AvgIpc) is 3.19. The van der Waals surface area contributed by atoms with Gasteiger partial charge in [0.25, 0.3) is 5.91 Å². The van der Waals surface area contributed by atoms with E-state index in [1.54, 1.807) is 24.3 Å². The van der Waals surface area contributed by atoms with Crippen molar-refractivity contribution < 1.29 is 14.0 Å². The van der Waals surface area contributed by atoms with Crippen LogP contribution in [0.5, 0.6) is 0 Å². The molecule has 0 atom stereocenters. The minimum atomic E-state index is -0.207. The number of carbonyl (C=O) groups is 2. The predicted molar refractivity (Wildman–Crippen MR) is 106 cm³/mol. The van der Waals surface area contributed by atoms with Crippen molar-refractivity contribution in [3.63, 3.8) is 0 Å². The van der Waals surface area contributed by atoms with Crippen LogP contribution in [0.15, 0.2) is 71.1 Å². The molecule has 27 heavy (non-hydrogen) atoms. The first-order valence-electron chi connectivity index (χ1n) is 9.17. The van der Waals surface area contributed by atoms with Gasteiger partial charge in [-0.05, 0) is 43.9 Å². The van der Waals surface area contributed by atoms with Crippen molar-refractivity contribution in [3.8, 4) is 11.3 Å². The van der Waals surface area contributed by atoms with E-state index in [1.807, 2.05) is 30.3 Å². The lowest BCUT2D eigenvalue weighted by Crippen LogP contribution is -2.23. The first-order chi connectivity index (χ1) is 13.1. The first-order valence-corrected chi connectivity index (χ1v) is 9.17. The summed E-state index contributed by atoms with van der Waals surface area (Å²) in [5, 5.41) is 2.90. The molecule has 0 aliphatic rings. The second-order valence-electron chi connectivity index (χ2n) is 6.50. The molecule has 1 N–H and O–H groups in total. The average molecular weight is 361 g/mol. The highest BCUT2D eigenvalue weighted by Crippen LogP contribution is 2.22. The third-order valence-corrected chi connectivity index (χ3v) is 4.43. The maximum Gasteiger partial charge on any atom is 0.287 e. The number of benzene rings is 2. The molecule has 2 aromatic carbocycles. The van der Waals surface area contributed by atoms with Crippen LogP contribution in [0.2, 0.25) is 0 Å². The number of Topliss-reactive ketones (excluding diaryl/α,β-unsaturated/α-hetero) is 1. The van der Waals surface area contributed by atoms with E-state index < -0.39 is 0 Å². The Bertz CT molecular complexity index is 895. The van der Waals surface area contributed by atoms with Crippen LogP contribution in [0.3, 0.4) is 0 Å². The summed E-state index contributed by atoms with van der Waals surface area (Å²) in [6, 6.07) is 20.9. The molecule has 0 saturated carbocycles. The fraction of sp³-hybridized carbons (Fsp3) is 0.217. The molecule has 1 heterocycles. The van der Waals surface area contributed by atoms with Gasteiger partial charge in [-0.25, -0.2) is 0 Å². The van der Waals surface area contributed by atoms with Gasteiger partial charge in [-0.3, -0.25) is 9.59 Å². The molecule has 0 spiro atoms. The number of rotatable bonds is 8. The minimum absolute atomic E-state index is 0.0216. The number of amides is 1. The summed E-state index contributed by atoms with van der Waals surface area (Å²) in [7, 11) is 0. The Kier molecular flexibility index (Phi) is 6.21. The van der Waals surface area contributed by atoms with Gasteiger partial charge < -0.3 is 9.73 Å². The van der Waals surface area contributed by atoms with E-state index in [4.69, 9.17) is 4.42 Å². The largest absolute Gasteiger partial charge is 0.451 e. The fourth-order valence-corrected chi connectivity index (χ4v) is 2.87. The lowest BCUT2D eigenvalue weighted by molar-refractivity contribution is 0.0925. The van der Waals surface area contributed by atoms with Gasteiger partial charge in [0.2, 0.25) is 0 Å². The standard InChI is InChI=1S/C23H23NO3/c1-17(25)19-10-12-20(13-11-19)21-14-15-22(27-21)23(26)24-16-6-5-9-18-7-3-2-4-8-18/h2-4,7-8,10-15H,5-6,9,16H2,1H3,(H,24,26). The topological polar surface area (TPSA) is 59.3 Å². The molecule has 1 amide bonds. The highest BCUT2D eigenvalue weighted by atomic mass is 16.3. The van der Waals surface area contributed by atoms with Crippen molar-refractivity contribution in [1.29, 1.82) is 0 Å². The Morgan fingerprint density at radius 1 is 0.889 bits per heavy atom. The molecule has 0 aliphatic carbocycles. The molecular formula is C23H23NO3. The SMILES string of the molecule is CC(=O)c1ccc(-c2ccc(C(=O)NCCCCc3ccccc3)o2)cc1. The Morgan fingerprint density at radius 2 is 1.63 bits per heavy atom. The van der Waals surface area contributed by atoms with Gasteiger partial charge in [-0.1, -0.05) is 54.6 Å². The summed E-state index contributed by atoms with van der Waals surface area (Å²) < 4.78 is 5.66. The summed E-state index contributed by atoms with van der Waals surface area (Å²) in [4.78, 5) is 23.6. The minimum Gasteiger partial charge on any atom is -0.451 e. The molecule has 4 heteroatoms. The summed E-state index contributed by atoms with van der Waals surface area (Å²) in [5.74, 6) is 0.720. The summed E-state index contributed by atoms with van der Waals surface area (Å²) >= 11 is 0. The fourth-order valence-electron chi connectivity index (χ4n) is 2.87. The molecule has 0 radical (unpaired) electrons. The number of aryl methyl sites for hydroxylation is 1. The van der Waals surface area contributed by atoms with E-state index in [9.17, 15) is 9.59 Å². The number of unbranched alkanes of at least 4 members (excludes halogenated alkanes) is 1. The van der Waals surface area contributed by atoms with Crippen LogP contribution >= 0.6 is 0 Å². The van der Waals surface area contributed by atoms with Crippen molar-refractivity contribution >= 4 is 11.7 Å². The lowest BCUT2D eigenvalue weighted by atomic mass is 10.1. The zero-order chi connectivity index (χ0) is 19.1. The second-order valence-corrected chi connectivity index (χ2v) is 6.50. The molecule has 0 aliphatic heterocycles. The Hall–Kier alpha value is -3.14. The first kappa shape index (κ1) is 18.6. The van der Waals surface area contributed by atoms with Crippen molar-refractivity contribution in [3.05, 3.63) is 83.6 Å². The number of furan rings is 1. The molecule has 4 nitrogen and oxygen atoms in total. The van der Waals surface area contributed by atoms with E-state index in [2.05, 4.69) is 17.4 Å². The lowest BCUT2D eigenvalue weighted by Gasteiger charge is -2.04. The van der Waals surface area contributed by atoms with Crippen LogP contribution in [0.25, 0.3) is 11.3 Å². The summed E-state index contributed by atoms with van der Waals surface area (Å²) in [5.41, 5.74) is 2.80. The van der Waals surface area contributed by atoms with Gasteiger partial charge >= 0.3 is 0 Å². The zero-order valence-electron chi connectivity index (χ0n) is 15.4. The molecule has 0 saturated heterocycles. The third-order valence-electron chi connectivity index (χ3n) is 4.43. The summed E-state index contributed by atoms with van der Waals surface area (Å²) in [6.45, 7) is 2.15. The molecule has 3 rings (SSSR count). The van der Waals surface area contributed by atoms with Crippen LogP contribution in [-0.2, 0) is 6.42 Å². The Balaban J connectivity index is 1.47. The number of hydrogen-bond donors (Lipinski definition) is 1. The van der Waals surface area contributed by atoms with Crippen molar-refractivity contribution in [2.45, 2.75) is 26.2 Å². The van der Waals surface area contributed by atoms with Gasteiger partial charge in [0.15, 0.2) is 11.5 Å². The number of nitrogens with one attached hydrogen (secondary N) is 1. The monoisotopic (exact) mass is 361 g/mol. The van der Waals surface area contributed by atoms with Gasteiger partial charge in [-0.2, -0.15) is 0 Å². The van der Waals surface area contributed by atoms with E-state index in [0.717, 1.165) is 24.8 Å². The van der Waals surface area contributed by atoms with Gasteiger partial charge in [-0.15, -0.1) is 0 Å². The molecule has 1 aromatic heterocycles. The van der Waals surface area contributed by atoms with Crippen LogP contribution in [-0.4, -0.2) is 18.2 Å². The number of ketones is 1. The van der Waals surface area contributed by atoms with Crippen LogP contribution in [0, 0.1) is 0 Å².